The lowest BCUT2D eigenvalue weighted by molar-refractivity contribution is 0.0927. The van der Waals surface area contributed by atoms with E-state index in [9.17, 15) is 4.79 Å². The molecule has 0 aromatic carbocycles. The van der Waals surface area contributed by atoms with Crippen molar-refractivity contribution in [1.29, 1.82) is 0 Å². The first kappa shape index (κ1) is 13.5. The number of halogens is 1. The highest BCUT2D eigenvalue weighted by Gasteiger charge is 2.23. The second-order valence-corrected chi connectivity index (χ2v) is 6.00. The fourth-order valence-corrected chi connectivity index (χ4v) is 2.94. The molecule has 1 saturated carbocycles. The lowest BCUT2D eigenvalue weighted by atomic mass is 9.91. The molecule has 2 unspecified atom stereocenters. The van der Waals surface area contributed by atoms with E-state index in [1.54, 1.807) is 12.4 Å². The van der Waals surface area contributed by atoms with Gasteiger partial charge in [0.15, 0.2) is 5.65 Å². The van der Waals surface area contributed by atoms with E-state index in [-0.39, 0.29) is 18.0 Å². The molecule has 3 rings (SSSR count). The lowest BCUT2D eigenvalue weighted by Crippen LogP contribution is -2.42. The van der Waals surface area contributed by atoms with Gasteiger partial charge in [0.2, 0.25) is 0 Å². The van der Waals surface area contributed by atoms with Gasteiger partial charge in [-0.15, -0.1) is 0 Å². The molecule has 0 bridgehead atoms. The van der Waals surface area contributed by atoms with E-state index in [1.807, 2.05) is 0 Å². The molecule has 0 aliphatic heterocycles. The molecule has 2 heterocycles. The normalized spacial score (nSPS) is 22.9. The van der Waals surface area contributed by atoms with Crippen LogP contribution in [0.25, 0.3) is 11.2 Å². The number of aromatic nitrogens is 3. The summed E-state index contributed by atoms with van der Waals surface area (Å²) >= 11 is 3.27. The van der Waals surface area contributed by atoms with Crippen molar-refractivity contribution in [1.82, 2.24) is 20.3 Å². The summed E-state index contributed by atoms with van der Waals surface area (Å²) in [7, 11) is 0. The lowest BCUT2D eigenvalue weighted by Gasteiger charge is -2.27. The molecule has 2 aromatic rings. The summed E-state index contributed by atoms with van der Waals surface area (Å²) in [5, 5.41) is 3.04. The average molecular weight is 338 g/mol. The highest BCUT2D eigenvalue weighted by atomic mass is 79.9. The minimum atomic E-state index is -0.122. The van der Waals surface area contributed by atoms with Crippen molar-refractivity contribution in [2.45, 2.75) is 37.8 Å². The molecular weight excluding hydrogens is 322 g/mol. The first-order chi connectivity index (χ1) is 9.63. The number of H-pyrrole nitrogens is 1. The van der Waals surface area contributed by atoms with Crippen LogP contribution in [0.1, 0.15) is 36.0 Å². The molecule has 2 atom stereocenters. The quantitative estimate of drug-likeness (QED) is 0.777. The van der Waals surface area contributed by atoms with Crippen LogP contribution in [0.5, 0.6) is 0 Å². The van der Waals surface area contributed by atoms with Crippen LogP contribution in [0.2, 0.25) is 0 Å². The first-order valence-corrected chi connectivity index (χ1v) is 7.49. The predicted octanol–water partition coefficient (Wildman–Crippen LogP) is 1.72. The Morgan fingerprint density at radius 3 is 3.15 bits per heavy atom. The van der Waals surface area contributed by atoms with Gasteiger partial charge in [0.25, 0.3) is 5.91 Å². The fraction of sp³-hybridized carbons (Fsp3) is 0.462. The maximum absolute atomic E-state index is 12.4. The summed E-state index contributed by atoms with van der Waals surface area (Å²) in [6, 6.07) is 0.335. The van der Waals surface area contributed by atoms with Crippen LogP contribution in [0.3, 0.4) is 0 Å². The number of aromatic amines is 1. The minimum Gasteiger partial charge on any atom is -0.349 e. The smallest absolute Gasteiger partial charge is 0.255 e. The van der Waals surface area contributed by atoms with Crippen molar-refractivity contribution in [3.8, 4) is 0 Å². The third-order valence-electron chi connectivity index (χ3n) is 3.65. The predicted molar refractivity (Wildman–Crippen MR) is 79.3 cm³/mol. The molecule has 0 radical (unpaired) electrons. The van der Waals surface area contributed by atoms with Gasteiger partial charge in [-0.1, -0.05) is 0 Å². The Hall–Kier alpha value is -1.47. The number of nitrogens with one attached hydrogen (secondary N) is 2. The van der Waals surface area contributed by atoms with Crippen molar-refractivity contribution < 1.29 is 4.79 Å². The number of fused-ring (bicyclic) bond motifs is 1. The van der Waals surface area contributed by atoms with E-state index in [0.717, 1.165) is 25.7 Å². The molecule has 20 heavy (non-hydrogen) atoms. The van der Waals surface area contributed by atoms with Gasteiger partial charge in [0, 0.05) is 18.3 Å². The number of amides is 1. The summed E-state index contributed by atoms with van der Waals surface area (Å²) in [5.74, 6) is -0.122. The second kappa shape index (κ2) is 5.49. The number of carbonyl (C=O) groups excluding carboxylic acids is 1. The van der Waals surface area contributed by atoms with Crippen LogP contribution in [0.15, 0.2) is 17.0 Å². The molecular formula is C13H16BrN5O. The molecule has 1 fully saturated rings. The number of hydrogen-bond donors (Lipinski definition) is 3. The summed E-state index contributed by atoms with van der Waals surface area (Å²) in [4.78, 5) is 23.8. The van der Waals surface area contributed by atoms with Crippen LogP contribution in [0.4, 0.5) is 0 Å². The Labute approximate surface area is 124 Å². The summed E-state index contributed by atoms with van der Waals surface area (Å²) in [6.45, 7) is 0. The van der Waals surface area contributed by atoms with Gasteiger partial charge in [-0.05, 0) is 41.6 Å². The summed E-state index contributed by atoms with van der Waals surface area (Å²) in [6.07, 6.45) is 7.17. The largest absolute Gasteiger partial charge is 0.349 e. The molecule has 1 aliphatic carbocycles. The van der Waals surface area contributed by atoms with Gasteiger partial charge in [-0.2, -0.15) is 0 Å². The van der Waals surface area contributed by atoms with E-state index in [4.69, 9.17) is 5.73 Å². The molecule has 0 saturated heterocycles. The Kier molecular flexibility index (Phi) is 3.71. The van der Waals surface area contributed by atoms with Crippen LogP contribution in [-0.4, -0.2) is 32.9 Å². The fourth-order valence-electron chi connectivity index (χ4n) is 2.66. The maximum Gasteiger partial charge on any atom is 0.255 e. The van der Waals surface area contributed by atoms with Crippen molar-refractivity contribution in [2.24, 2.45) is 5.73 Å². The monoisotopic (exact) mass is 337 g/mol. The van der Waals surface area contributed by atoms with E-state index in [1.165, 1.54) is 0 Å². The number of carbonyl (C=O) groups is 1. The molecule has 0 spiro atoms. The number of nitrogens with zero attached hydrogens (tertiary/aromatic N) is 2. The highest BCUT2D eigenvalue weighted by Crippen LogP contribution is 2.20. The zero-order chi connectivity index (χ0) is 14.1. The molecule has 1 amide bonds. The Balaban J connectivity index is 1.80. The third kappa shape index (κ3) is 2.69. The molecule has 1 aliphatic rings. The van der Waals surface area contributed by atoms with Gasteiger partial charge in [0.05, 0.1) is 11.8 Å². The zero-order valence-corrected chi connectivity index (χ0v) is 12.5. The standard InChI is InChI=1S/C13H16BrN5O/c14-10-6-17-12-11(19-10)9(5-16-12)13(20)18-8-3-1-2-7(15)4-8/h5-8H,1-4,15H2,(H,16,17)(H,18,20). The SMILES string of the molecule is NC1CCCC(NC(=O)c2c[nH]c3ncc(Br)nc23)C1. The summed E-state index contributed by atoms with van der Waals surface area (Å²) in [5.41, 5.74) is 7.66. The first-order valence-electron chi connectivity index (χ1n) is 6.69. The Bertz CT molecular complexity index is 641. The number of rotatable bonds is 2. The van der Waals surface area contributed by atoms with Gasteiger partial charge in [-0.3, -0.25) is 4.79 Å². The molecule has 106 valence electrons. The summed E-state index contributed by atoms with van der Waals surface area (Å²) < 4.78 is 0.610. The Morgan fingerprint density at radius 1 is 1.50 bits per heavy atom. The molecule has 4 N–H and O–H groups in total. The van der Waals surface area contributed by atoms with Crippen LogP contribution in [0, 0.1) is 0 Å². The van der Waals surface area contributed by atoms with Crippen molar-refractivity contribution in [2.75, 3.05) is 0 Å². The molecule has 7 heteroatoms. The van der Waals surface area contributed by atoms with Gasteiger partial charge >= 0.3 is 0 Å². The van der Waals surface area contributed by atoms with Gasteiger partial charge in [-0.25, -0.2) is 9.97 Å². The van der Waals surface area contributed by atoms with E-state index < -0.39 is 0 Å². The maximum atomic E-state index is 12.4. The Morgan fingerprint density at radius 2 is 2.35 bits per heavy atom. The third-order valence-corrected chi connectivity index (χ3v) is 4.03. The average Bonchev–Trinajstić information content (AvgIpc) is 2.81. The van der Waals surface area contributed by atoms with Crippen LogP contribution in [-0.2, 0) is 0 Å². The van der Waals surface area contributed by atoms with Crippen molar-refractivity contribution >= 4 is 33.0 Å². The molecule has 2 aromatic heterocycles. The van der Waals surface area contributed by atoms with Crippen molar-refractivity contribution in [3.05, 3.63) is 22.6 Å². The minimum absolute atomic E-state index is 0.122. The van der Waals surface area contributed by atoms with Crippen molar-refractivity contribution in [3.63, 3.8) is 0 Å². The van der Waals surface area contributed by atoms with E-state index >= 15 is 0 Å². The topological polar surface area (TPSA) is 96.7 Å². The van der Waals surface area contributed by atoms with Gasteiger partial charge < -0.3 is 16.0 Å². The molecule has 6 nitrogen and oxygen atoms in total. The van der Waals surface area contributed by atoms with E-state index in [2.05, 4.69) is 36.2 Å². The zero-order valence-electron chi connectivity index (χ0n) is 10.9. The van der Waals surface area contributed by atoms with Crippen LogP contribution < -0.4 is 11.1 Å². The van der Waals surface area contributed by atoms with E-state index in [0.29, 0.717) is 21.3 Å². The number of hydrogen-bond acceptors (Lipinski definition) is 4. The second-order valence-electron chi connectivity index (χ2n) is 5.19. The number of nitrogens with two attached hydrogens (primary N) is 1. The van der Waals surface area contributed by atoms with Gasteiger partial charge in [0.1, 0.15) is 10.1 Å². The van der Waals surface area contributed by atoms with Crippen LogP contribution >= 0.6 is 15.9 Å². The highest BCUT2D eigenvalue weighted by molar-refractivity contribution is 9.10.